The molecule has 0 spiro atoms. The Balaban J connectivity index is 1.34. The number of amides is 1. The van der Waals surface area contributed by atoms with Gasteiger partial charge in [0, 0.05) is 16.6 Å². The van der Waals surface area contributed by atoms with Crippen LogP contribution in [0.1, 0.15) is 6.92 Å². The normalized spacial score (nSPS) is 11.8. The van der Waals surface area contributed by atoms with E-state index in [1.54, 1.807) is 0 Å². The van der Waals surface area contributed by atoms with E-state index < -0.39 is 0 Å². The Kier molecular flexibility index (Phi) is 6.18. The maximum atomic E-state index is 12.5. The van der Waals surface area contributed by atoms with E-state index in [1.807, 2.05) is 73.0 Å². The lowest BCUT2D eigenvalue weighted by Gasteiger charge is -2.07. The largest absolute Gasteiger partial charge is 0.330 e. The number of benzene rings is 2. The van der Waals surface area contributed by atoms with Crippen molar-refractivity contribution in [2.24, 2.45) is 0 Å². The van der Waals surface area contributed by atoms with E-state index in [9.17, 15) is 4.79 Å². The Labute approximate surface area is 180 Å². The number of thiazole rings is 1. The van der Waals surface area contributed by atoms with Crippen LogP contribution in [-0.2, 0) is 4.79 Å². The van der Waals surface area contributed by atoms with Gasteiger partial charge in [0.25, 0.3) is 0 Å². The summed E-state index contributed by atoms with van der Waals surface area (Å²) < 4.78 is 0.732. The fourth-order valence-corrected chi connectivity index (χ4v) is 5.08. The molecule has 0 fully saturated rings. The standard InChI is InChI=1S/C20H17N5OS3/c1-13(28-20-25-24-19(29-20)21-15-10-6-3-7-11-15)17(26)23-18-22-16(12-27-18)14-8-4-2-5-9-14/h2-13H,1H3,(H,21,24)(H,22,23,26)/t13-/m1/s1. The molecule has 1 atom stereocenters. The first-order chi connectivity index (χ1) is 14.2. The molecule has 0 radical (unpaired) electrons. The van der Waals surface area contributed by atoms with Gasteiger partial charge in [0.15, 0.2) is 9.47 Å². The highest BCUT2D eigenvalue weighted by atomic mass is 32.2. The average Bonchev–Trinajstić information content (AvgIpc) is 3.39. The van der Waals surface area contributed by atoms with Crippen molar-refractivity contribution in [3.8, 4) is 11.3 Å². The highest BCUT2D eigenvalue weighted by Crippen LogP contribution is 2.31. The Hall–Kier alpha value is -2.75. The Bertz CT molecular complexity index is 1080. The number of hydrogen-bond acceptors (Lipinski definition) is 8. The number of para-hydroxylation sites is 1. The van der Waals surface area contributed by atoms with Crippen LogP contribution < -0.4 is 10.6 Å². The number of hydrogen-bond donors (Lipinski definition) is 2. The molecular formula is C20H17N5OS3. The van der Waals surface area contributed by atoms with Gasteiger partial charge >= 0.3 is 0 Å². The van der Waals surface area contributed by atoms with Gasteiger partial charge in [-0.05, 0) is 19.1 Å². The number of anilines is 3. The van der Waals surface area contributed by atoms with Gasteiger partial charge in [-0.1, -0.05) is 71.6 Å². The molecule has 146 valence electrons. The summed E-state index contributed by atoms with van der Waals surface area (Å²) in [5.41, 5.74) is 2.83. The first-order valence-electron chi connectivity index (χ1n) is 8.81. The van der Waals surface area contributed by atoms with Gasteiger partial charge in [-0.25, -0.2) is 4.98 Å². The zero-order chi connectivity index (χ0) is 20.1. The zero-order valence-electron chi connectivity index (χ0n) is 15.4. The van der Waals surface area contributed by atoms with Gasteiger partial charge in [-0.2, -0.15) is 0 Å². The molecule has 4 rings (SSSR count). The summed E-state index contributed by atoms with van der Waals surface area (Å²) >= 11 is 4.21. The van der Waals surface area contributed by atoms with E-state index in [4.69, 9.17) is 0 Å². The molecule has 4 aromatic rings. The molecule has 2 N–H and O–H groups in total. The monoisotopic (exact) mass is 439 g/mol. The van der Waals surface area contributed by atoms with Crippen molar-refractivity contribution in [2.75, 3.05) is 10.6 Å². The van der Waals surface area contributed by atoms with Crippen LogP contribution in [-0.4, -0.2) is 26.3 Å². The molecule has 2 aromatic carbocycles. The average molecular weight is 440 g/mol. The van der Waals surface area contributed by atoms with Crippen LogP contribution in [0.15, 0.2) is 70.4 Å². The molecule has 0 saturated heterocycles. The first kappa shape index (κ1) is 19.6. The van der Waals surface area contributed by atoms with E-state index in [0.717, 1.165) is 21.3 Å². The molecule has 0 aliphatic rings. The molecule has 6 nitrogen and oxygen atoms in total. The van der Waals surface area contributed by atoms with Crippen molar-refractivity contribution in [1.29, 1.82) is 0 Å². The van der Waals surface area contributed by atoms with Gasteiger partial charge in [0.1, 0.15) is 0 Å². The van der Waals surface area contributed by atoms with Crippen molar-refractivity contribution < 1.29 is 4.79 Å². The maximum Gasteiger partial charge on any atom is 0.239 e. The number of nitrogens with one attached hydrogen (secondary N) is 2. The lowest BCUT2D eigenvalue weighted by atomic mass is 10.2. The number of carbonyl (C=O) groups excluding carboxylic acids is 1. The fourth-order valence-electron chi connectivity index (χ4n) is 2.44. The predicted molar refractivity (Wildman–Crippen MR) is 121 cm³/mol. The summed E-state index contributed by atoms with van der Waals surface area (Å²) in [7, 11) is 0. The predicted octanol–water partition coefficient (Wildman–Crippen LogP) is 5.52. The van der Waals surface area contributed by atoms with Crippen LogP contribution in [0.3, 0.4) is 0 Å². The third-order valence-corrected chi connectivity index (χ3v) is 6.66. The van der Waals surface area contributed by atoms with Crippen LogP contribution in [0.4, 0.5) is 16.0 Å². The lowest BCUT2D eigenvalue weighted by molar-refractivity contribution is -0.115. The molecule has 2 aromatic heterocycles. The number of carbonyl (C=O) groups is 1. The first-order valence-corrected chi connectivity index (χ1v) is 11.4. The number of nitrogens with zero attached hydrogens (tertiary/aromatic N) is 3. The quantitative estimate of drug-likeness (QED) is 0.369. The molecule has 9 heteroatoms. The summed E-state index contributed by atoms with van der Waals surface area (Å²) in [6, 6.07) is 19.7. The van der Waals surface area contributed by atoms with Crippen molar-refractivity contribution in [1.82, 2.24) is 15.2 Å². The smallest absolute Gasteiger partial charge is 0.239 e. The van der Waals surface area contributed by atoms with E-state index in [0.29, 0.717) is 10.3 Å². The van der Waals surface area contributed by atoms with Gasteiger partial charge in [0.2, 0.25) is 11.0 Å². The van der Waals surface area contributed by atoms with Crippen LogP contribution in [0.2, 0.25) is 0 Å². The summed E-state index contributed by atoms with van der Waals surface area (Å²) in [6.45, 7) is 1.84. The third-order valence-electron chi connectivity index (χ3n) is 3.88. The second kappa shape index (κ2) is 9.17. The fraction of sp³-hybridized carbons (Fsp3) is 0.100. The summed E-state index contributed by atoms with van der Waals surface area (Å²) in [5.74, 6) is -0.114. The molecule has 1 amide bonds. The van der Waals surface area contributed by atoms with Gasteiger partial charge in [-0.15, -0.1) is 21.5 Å². The molecule has 0 aliphatic heterocycles. The minimum absolute atomic E-state index is 0.114. The van der Waals surface area contributed by atoms with Gasteiger partial charge in [0.05, 0.1) is 10.9 Å². The number of aromatic nitrogens is 3. The van der Waals surface area contributed by atoms with Crippen LogP contribution in [0, 0.1) is 0 Å². The van der Waals surface area contributed by atoms with Crippen molar-refractivity contribution in [2.45, 2.75) is 16.5 Å². The second-order valence-electron chi connectivity index (χ2n) is 6.02. The molecule has 0 aliphatic carbocycles. The van der Waals surface area contributed by atoms with E-state index in [1.165, 1.54) is 34.4 Å². The van der Waals surface area contributed by atoms with E-state index >= 15 is 0 Å². The lowest BCUT2D eigenvalue weighted by Crippen LogP contribution is -2.22. The van der Waals surface area contributed by atoms with Crippen molar-refractivity contribution >= 4 is 56.3 Å². The highest BCUT2D eigenvalue weighted by Gasteiger charge is 2.19. The minimum Gasteiger partial charge on any atom is -0.330 e. The van der Waals surface area contributed by atoms with Crippen molar-refractivity contribution in [3.05, 3.63) is 66.0 Å². The Morgan fingerprint density at radius 2 is 1.72 bits per heavy atom. The Morgan fingerprint density at radius 3 is 2.48 bits per heavy atom. The van der Waals surface area contributed by atoms with Crippen LogP contribution in [0.25, 0.3) is 11.3 Å². The molecule has 0 bridgehead atoms. The number of rotatable bonds is 7. The summed E-state index contributed by atoms with van der Waals surface area (Å²) in [4.78, 5) is 17.0. The topological polar surface area (TPSA) is 79.8 Å². The van der Waals surface area contributed by atoms with Gasteiger partial charge < -0.3 is 10.6 Å². The third kappa shape index (κ3) is 5.20. The number of thioether (sulfide) groups is 1. The minimum atomic E-state index is -0.323. The molecule has 0 unspecified atom stereocenters. The van der Waals surface area contributed by atoms with E-state index in [2.05, 4.69) is 25.8 Å². The van der Waals surface area contributed by atoms with Crippen molar-refractivity contribution in [3.63, 3.8) is 0 Å². The molecular weight excluding hydrogens is 422 g/mol. The highest BCUT2D eigenvalue weighted by molar-refractivity contribution is 8.02. The van der Waals surface area contributed by atoms with Gasteiger partial charge in [-0.3, -0.25) is 4.79 Å². The molecule has 29 heavy (non-hydrogen) atoms. The summed E-state index contributed by atoms with van der Waals surface area (Å²) in [6.07, 6.45) is 0. The summed E-state index contributed by atoms with van der Waals surface area (Å²) in [5, 5.41) is 17.3. The molecule has 0 saturated carbocycles. The SMILES string of the molecule is C[C@@H](Sc1nnc(Nc2ccccc2)s1)C(=O)Nc1nc(-c2ccccc2)cs1. The Morgan fingerprint density at radius 1 is 1.00 bits per heavy atom. The van der Waals surface area contributed by atoms with Crippen LogP contribution in [0.5, 0.6) is 0 Å². The second-order valence-corrected chi connectivity index (χ2v) is 9.44. The zero-order valence-corrected chi connectivity index (χ0v) is 17.9. The van der Waals surface area contributed by atoms with Crippen LogP contribution >= 0.6 is 34.4 Å². The maximum absolute atomic E-state index is 12.5. The molecule has 2 heterocycles. The van der Waals surface area contributed by atoms with E-state index in [-0.39, 0.29) is 11.2 Å².